The van der Waals surface area contributed by atoms with E-state index in [-0.39, 0.29) is 5.56 Å². The van der Waals surface area contributed by atoms with E-state index >= 15 is 0 Å². The molecule has 162 valence electrons. The van der Waals surface area contributed by atoms with Crippen LogP contribution >= 0.6 is 11.3 Å². The maximum absolute atomic E-state index is 13.3. The third-order valence-electron chi connectivity index (χ3n) is 6.71. The van der Waals surface area contributed by atoms with Gasteiger partial charge < -0.3 is 4.90 Å². The SMILES string of the molecule is Cc1ccc(Cn2cnc3sc4c(c3c2=O)CC[C@H](N2CCCN(C=O)CC2)C4)cc1. The zero-order valence-electron chi connectivity index (χ0n) is 17.9. The minimum Gasteiger partial charge on any atom is -0.344 e. The highest BCUT2D eigenvalue weighted by molar-refractivity contribution is 7.18. The monoisotopic (exact) mass is 436 g/mol. The van der Waals surface area contributed by atoms with Crippen LogP contribution in [0.1, 0.15) is 34.4 Å². The number of aryl methyl sites for hydroxylation is 2. The van der Waals surface area contributed by atoms with Crippen LogP contribution in [0.2, 0.25) is 0 Å². The summed E-state index contributed by atoms with van der Waals surface area (Å²) in [4.78, 5) is 35.7. The number of aromatic nitrogens is 2. The topological polar surface area (TPSA) is 58.4 Å². The van der Waals surface area contributed by atoms with Crippen molar-refractivity contribution in [2.75, 3.05) is 26.2 Å². The second-order valence-corrected chi connectivity index (χ2v) is 9.86. The number of nitrogens with zero attached hydrogens (tertiary/aromatic N) is 4. The zero-order chi connectivity index (χ0) is 21.4. The summed E-state index contributed by atoms with van der Waals surface area (Å²) in [6, 6.07) is 8.80. The summed E-state index contributed by atoms with van der Waals surface area (Å²) in [7, 11) is 0. The number of fused-ring (bicyclic) bond motifs is 3. The maximum Gasteiger partial charge on any atom is 0.262 e. The van der Waals surface area contributed by atoms with Gasteiger partial charge in [-0.3, -0.25) is 19.1 Å². The van der Waals surface area contributed by atoms with Crippen molar-refractivity contribution in [2.24, 2.45) is 0 Å². The highest BCUT2D eigenvalue weighted by Gasteiger charge is 2.29. The van der Waals surface area contributed by atoms with Gasteiger partial charge in [0, 0.05) is 37.1 Å². The standard InChI is InChI=1S/C24H28N4O2S/c1-17-3-5-18(6-4-17)14-28-15-25-23-22(24(28)30)20-8-7-19(13-21(20)31-23)27-10-2-9-26(16-29)11-12-27/h3-6,15-16,19H,2,7-14H2,1H3/t19-/m0/s1. The van der Waals surface area contributed by atoms with Crippen molar-refractivity contribution < 1.29 is 4.79 Å². The van der Waals surface area contributed by atoms with Crippen LogP contribution in [0.4, 0.5) is 0 Å². The Morgan fingerprint density at radius 3 is 2.81 bits per heavy atom. The van der Waals surface area contributed by atoms with Crippen LogP contribution in [-0.4, -0.2) is 58.0 Å². The molecule has 0 N–H and O–H groups in total. The largest absolute Gasteiger partial charge is 0.344 e. The Morgan fingerprint density at radius 2 is 2.00 bits per heavy atom. The number of carbonyl (C=O) groups is 1. The van der Waals surface area contributed by atoms with Crippen molar-refractivity contribution in [1.29, 1.82) is 0 Å². The first-order valence-corrected chi connectivity index (χ1v) is 11.9. The molecule has 31 heavy (non-hydrogen) atoms. The summed E-state index contributed by atoms with van der Waals surface area (Å²) in [5.41, 5.74) is 3.63. The Morgan fingerprint density at radius 1 is 1.16 bits per heavy atom. The van der Waals surface area contributed by atoms with Gasteiger partial charge in [-0.25, -0.2) is 4.98 Å². The molecule has 0 spiro atoms. The quantitative estimate of drug-likeness (QED) is 0.590. The van der Waals surface area contributed by atoms with Crippen molar-refractivity contribution in [2.45, 2.75) is 45.2 Å². The number of rotatable bonds is 4. The molecule has 2 aliphatic rings. The Kier molecular flexibility index (Phi) is 5.63. The summed E-state index contributed by atoms with van der Waals surface area (Å²) in [6.07, 6.45) is 6.68. The fourth-order valence-corrected chi connectivity index (χ4v) is 6.18. The van der Waals surface area contributed by atoms with Crippen molar-refractivity contribution in [3.63, 3.8) is 0 Å². The van der Waals surface area contributed by atoms with E-state index in [1.54, 1.807) is 22.2 Å². The lowest BCUT2D eigenvalue weighted by atomic mass is 9.92. The Bertz CT molecular complexity index is 1150. The average molecular weight is 437 g/mol. The van der Waals surface area contributed by atoms with Gasteiger partial charge in [0.2, 0.25) is 6.41 Å². The van der Waals surface area contributed by atoms with Gasteiger partial charge in [0.15, 0.2) is 0 Å². The highest BCUT2D eigenvalue weighted by Crippen LogP contribution is 2.35. The molecule has 0 saturated carbocycles. The van der Waals surface area contributed by atoms with Crippen molar-refractivity contribution in [1.82, 2.24) is 19.4 Å². The molecule has 7 heteroatoms. The van der Waals surface area contributed by atoms with E-state index in [9.17, 15) is 9.59 Å². The van der Waals surface area contributed by atoms with E-state index in [0.717, 1.165) is 74.1 Å². The molecule has 6 nitrogen and oxygen atoms in total. The molecule has 1 aliphatic carbocycles. The number of hydrogen-bond acceptors (Lipinski definition) is 5. The molecule has 3 heterocycles. The molecular formula is C24H28N4O2S. The Labute approximate surface area is 186 Å². The lowest BCUT2D eigenvalue weighted by Gasteiger charge is -2.33. The predicted octanol–water partition coefficient (Wildman–Crippen LogP) is 2.84. The first kappa shape index (κ1) is 20.4. The summed E-state index contributed by atoms with van der Waals surface area (Å²) in [6.45, 7) is 6.26. The lowest BCUT2D eigenvalue weighted by Crippen LogP contribution is -2.41. The fraction of sp³-hybridized carbons (Fsp3) is 0.458. The number of hydrogen-bond donors (Lipinski definition) is 0. The van der Waals surface area contributed by atoms with Gasteiger partial charge >= 0.3 is 0 Å². The summed E-state index contributed by atoms with van der Waals surface area (Å²) >= 11 is 1.69. The third kappa shape index (κ3) is 4.04. The van der Waals surface area contributed by atoms with E-state index in [0.29, 0.717) is 12.6 Å². The molecule has 1 atom stereocenters. The molecule has 0 bridgehead atoms. The lowest BCUT2D eigenvalue weighted by molar-refractivity contribution is -0.118. The second kappa shape index (κ2) is 8.55. The molecule has 1 saturated heterocycles. The maximum atomic E-state index is 13.3. The number of thiophene rings is 1. The first-order valence-electron chi connectivity index (χ1n) is 11.1. The summed E-state index contributed by atoms with van der Waals surface area (Å²) in [5, 5.41) is 0.830. The number of benzene rings is 1. The average Bonchev–Trinajstić information content (AvgIpc) is 2.98. The van der Waals surface area contributed by atoms with Crippen LogP contribution in [0.15, 0.2) is 35.4 Å². The summed E-state index contributed by atoms with van der Waals surface area (Å²) < 4.78 is 1.74. The van der Waals surface area contributed by atoms with Gasteiger partial charge in [-0.1, -0.05) is 29.8 Å². The van der Waals surface area contributed by atoms with Gasteiger partial charge in [-0.2, -0.15) is 0 Å². The van der Waals surface area contributed by atoms with Crippen LogP contribution in [0.25, 0.3) is 10.2 Å². The minimum absolute atomic E-state index is 0.0814. The fourth-order valence-electron chi connectivity index (χ4n) is 4.93. The molecule has 2 aromatic heterocycles. The predicted molar refractivity (Wildman–Crippen MR) is 124 cm³/mol. The molecule has 5 rings (SSSR count). The molecular weight excluding hydrogens is 408 g/mol. The van der Waals surface area contributed by atoms with E-state index in [4.69, 9.17) is 0 Å². The molecule has 1 aliphatic heterocycles. The van der Waals surface area contributed by atoms with Crippen LogP contribution in [-0.2, 0) is 24.2 Å². The first-order chi connectivity index (χ1) is 15.1. The van der Waals surface area contributed by atoms with Crippen LogP contribution in [0.3, 0.4) is 0 Å². The normalized spacial score (nSPS) is 19.9. The molecule has 1 aromatic carbocycles. The van der Waals surface area contributed by atoms with Gasteiger partial charge in [0.05, 0.1) is 18.3 Å². The molecule has 1 fully saturated rings. The molecule has 0 unspecified atom stereocenters. The Balaban J connectivity index is 1.39. The highest BCUT2D eigenvalue weighted by atomic mass is 32.1. The van der Waals surface area contributed by atoms with E-state index < -0.39 is 0 Å². The second-order valence-electron chi connectivity index (χ2n) is 8.77. The van der Waals surface area contributed by atoms with Gasteiger partial charge in [-0.15, -0.1) is 11.3 Å². The van der Waals surface area contributed by atoms with Crippen molar-refractivity contribution in [3.8, 4) is 0 Å². The molecule has 1 amide bonds. The van der Waals surface area contributed by atoms with E-state index in [2.05, 4.69) is 41.1 Å². The van der Waals surface area contributed by atoms with Crippen LogP contribution in [0, 0.1) is 6.92 Å². The van der Waals surface area contributed by atoms with Gasteiger partial charge in [-0.05, 0) is 43.7 Å². The number of amides is 1. The molecule has 0 radical (unpaired) electrons. The third-order valence-corrected chi connectivity index (χ3v) is 7.88. The Hall–Kier alpha value is -2.51. The number of carbonyl (C=O) groups excluding carboxylic acids is 1. The van der Waals surface area contributed by atoms with Gasteiger partial charge in [0.25, 0.3) is 5.56 Å². The van der Waals surface area contributed by atoms with Crippen molar-refractivity contribution >= 4 is 28.0 Å². The van der Waals surface area contributed by atoms with Gasteiger partial charge in [0.1, 0.15) is 4.83 Å². The summed E-state index contributed by atoms with van der Waals surface area (Å²) in [5.74, 6) is 0. The van der Waals surface area contributed by atoms with Crippen molar-refractivity contribution in [3.05, 3.63) is 62.5 Å². The minimum atomic E-state index is 0.0814. The smallest absolute Gasteiger partial charge is 0.262 e. The zero-order valence-corrected chi connectivity index (χ0v) is 18.7. The molecule has 3 aromatic rings. The van der Waals surface area contributed by atoms with Crippen LogP contribution in [0.5, 0.6) is 0 Å². The van der Waals surface area contributed by atoms with E-state index in [1.165, 1.54) is 16.0 Å². The van der Waals surface area contributed by atoms with Crippen LogP contribution < -0.4 is 5.56 Å². The van der Waals surface area contributed by atoms with E-state index in [1.807, 2.05) is 4.90 Å².